The minimum Gasteiger partial charge on any atom is -0.390 e. The molecule has 3 N–H and O–H groups in total. The topological polar surface area (TPSA) is 69.9 Å². The Morgan fingerprint density at radius 1 is 1.25 bits per heavy atom. The molecular weight excluding hydrogens is 400 g/mol. The zero-order chi connectivity index (χ0) is 23.7. The van der Waals surface area contributed by atoms with E-state index >= 15 is 0 Å². The molecule has 0 aromatic heterocycles. The van der Waals surface area contributed by atoms with Gasteiger partial charge in [-0.2, -0.15) is 0 Å². The summed E-state index contributed by atoms with van der Waals surface area (Å²) in [5.41, 5.74) is 2.98. The van der Waals surface area contributed by atoms with Crippen molar-refractivity contribution < 1.29 is 20.1 Å². The summed E-state index contributed by atoms with van der Waals surface area (Å²) in [4.78, 5) is 0. The maximum Gasteiger partial charge on any atom is 0.108 e. The van der Waals surface area contributed by atoms with Crippen molar-refractivity contribution in [1.29, 1.82) is 0 Å². The monoisotopic (exact) mass is 446 g/mol. The summed E-state index contributed by atoms with van der Waals surface area (Å²) in [5, 5.41) is 30.8. The van der Waals surface area contributed by atoms with E-state index in [2.05, 4.69) is 32.1 Å². The molecular formula is C28H46O4. The molecule has 3 aliphatic rings. The molecule has 0 aliphatic heterocycles. The van der Waals surface area contributed by atoms with Gasteiger partial charge in [-0.1, -0.05) is 44.9 Å². The third-order valence-corrected chi connectivity index (χ3v) is 8.80. The van der Waals surface area contributed by atoms with E-state index in [1.807, 2.05) is 20.8 Å². The normalized spacial score (nSPS) is 37.0. The maximum atomic E-state index is 10.4. The highest BCUT2D eigenvalue weighted by atomic mass is 16.5. The minimum atomic E-state index is -0.676. The standard InChI is InChI=1S/C28H46O4/c1-18(9-7-15-27(3,4)31)22-13-14-23-20(10-8-16-28(22,23)5)11-12-21-19(2)24(29)17-25(30)26(21)32-6/h10-12,18,22-26,29-31H,7-9,13-17H2,1-6H3/b12-11-/t18-,22-,23-,24+,25+,26?,28-/m1/s1. The summed E-state index contributed by atoms with van der Waals surface area (Å²) < 4.78 is 5.58. The Morgan fingerprint density at radius 2 is 1.97 bits per heavy atom. The smallest absolute Gasteiger partial charge is 0.108 e. The van der Waals surface area contributed by atoms with Gasteiger partial charge in [0.15, 0.2) is 0 Å². The first-order valence-corrected chi connectivity index (χ1v) is 12.7. The van der Waals surface area contributed by atoms with Crippen molar-refractivity contribution in [2.24, 2.45) is 23.2 Å². The second-order valence-electron chi connectivity index (χ2n) is 11.6. The SMILES string of the molecule is COC1C(/C=C\C2=CCC[C@@]3(C)[C@@H]2CC[C@@H]3[C@H](C)CCCC(C)(C)O)=C(C)[C@@H](O)C[C@@H]1O. The summed E-state index contributed by atoms with van der Waals surface area (Å²) in [5.74, 6) is 1.95. The van der Waals surface area contributed by atoms with Gasteiger partial charge in [0.2, 0.25) is 0 Å². The Labute approximate surface area is 195 Å². The van der Waals surface area contributed by atoms with Crippen LogP contribution < -0.4 is 0 Å². The molecule has 3 aliphatic carbocycles. The first-order chi connectivity index (χ1) is 15.0. The number of aliphatic hydroxyl groups is 3. The second kappa shape index (κ2) is 10.1. The van der Waals surface area contributed by atoms with E-state index in [4.69, 9.17) is 4.74 Å². The van der Waals surface area contributed by atoms with Crippen LogP contribution >= 0.6 is 0 Å². The predicted molar refractivity (Wildman–Crippen MR) is 130 cm³/mol. The average Bonchev–Trinajstić information content (AvgIpc) is 3.06. The number of methoxy groups -OCH3 is 1. The van der Waals surface area contributed by atoms with Crippen LogP contribution in [0.1, 0.15) is 86.0 Å². The Hall–Kier alpha value is -0.940. The largest absolute Gasteiger partial charge is 0.390 e. The van der Waals surface area contributed by atoms with Crippen LogP contribution in [0.4, 0.5) is 0 Å². The molecule has 1 fully saturated rings. The second-order valence-corrected chi connectivity index (χ2v) is 11.6. The summed E-state index contributed by atoms with van der Waals surface area (Å²) in [7, 11) is 1.63. The van der Waals surface area contributed by atoms with Crippen LogP contribution in [0.3, 0.4) is 0 Å². The highest BCUT2D eigenvalue weighted by Gasteiger charge is 2.49. The lowest BCUT2D eigenvalue weighted by atomic mass is 9.62. The molecule has 0 aromatic carbocycles. The van der Waals surface area contributed by atoms with Crippen molar-refractivity contribution >= 4 is 0 Å². The number of allylic oxidation sites excluding steroid dienone is 3. The Morgan fingerprint density at radius 3 is 2.62 bits per heavy atom. The van der Waals surface area contributed by atoms with Crippen LogP contribution in [-0.2, 0) is 4.74 Å². The molecule has 0 bridgehead atoms. The van der Waals surface area contributed by atoms with Gasteiger partial charge in [-0.15, -0.1) is 0 Å². The molecule has 0 amide bonds. The number of ether oxygens (including phenoxy) is 1. The van der Waals surface area contributed by atoms with Crippen molar-refractivity contribution in [1.82, 2.24) is 0 Å². The minimum absolute atomic E-state index is 0.318. The molecule has 0 radical (unpaired) electrons. The predicted octanol–water partition coefficient (Wildman–Crippen LogP) is 5.33. The van der Waals surface area contributed by atoms with Gasteiger partial charge in [-0.05, 0) is 92.8 Å². The van der Waals surface area contributed by atoms with Crippen molar-refractivity contribution in [2.75, 3.05) is 7.11 Å². The van der Waals surface area contributed by atoms with Gasteiger partial charge >= 0.3 is 0 Å². The van der Waals surface area contributed by atoms with Crippen LogP contribution in [0.5, 0.6) is 0 Å². The fourth-order valence-electron chi connectivity index (χ4n) is 6.89. The molecule has 0 spiro atoms. The van der Waals surface area contributed by atoms with Crippen molar-refractivity contribution in [3.8, 4) is 0 Å². The fraction of sp³-hybridized carbons (Fsp3) is 0.786. The first kappa shape index (κ1) is 25.7. The lowest BCUT2D eigenvalue weighted by Crippen LogP contribution is -2.39. The summed E-state index contributed by atoms with van der Waals surface area (Å²) >= 11 is 0. The summed E-state index contributed by atoms with van der Waals surface area (Å²) in [6, 6.07) is 0. The third kappa shape index (κ3) is 5.41. The first-order valence-electron chi connectivity index (χ1n) is 12.7. The Bertz CT molecular complexity index is 743. The summed E-state index contributed by atoms with van der Waals surface area (Å²) in [6.07, 6.45) is 13.4. The highest BCUT2D eigenvalue weighted by Crippen LogP contribution is 2.58. The molecule has 32 heavy (non-hydrogen) atoms. The average molecular weight is 447 g/mol. The van der Waals surface area contributed by atoms with Gasteiger partial charge in [0.05, 0.1) is 17.8 Å². The zero-order valence-electron chi connectivity index (χ0n) is 21.1. The Kier molecular flexibility index (Phi) is 8.13. The van der Waals surface area contributed by atoms with Gasteiger partial charge in [0.25, 0.3) is 0 Å². The number of aliphatic hydroxyl groups excluding tert-OH is 2. The van der Waals surface area contributed by atoms with Crippen LogP contribution in [0.2, 0.25) is 0 Å². The molecule has 0 aromatic rings. The molecule has 0 saturated heterocycles. The van der Waals surface area contributed by atoms with Crippen LogP contribution in [0, 0.1) is 23.2 Å². The van der Waals surface area contributed by atoms with E-state index in [1.165, 1.54) is 31.3 Å². The van der Waals surface area contributed by atoms with Crippen molar-refractivity contribution in [3.05, 3.63) is 34.9 Å². The van der Waals surface area contributed by atoms with Gasteiger partial charge in [-0.25, -0.2) is 0 Å². The van der Waals surface area contributed by atoms with E-state index in [1.54, 1.807) is 7.11 Å². The lowest BCUT2D eigenvalue weighted by Gasteiger charge is -2.43. The molecule has 4 heteroatoms. The van der Waals surface area contributed by atoms with E-state index < -0.39 is 17.8 Å². The summed E-state index contributed by atoms with van der Waals surface area (Å²) in [6.45, 7) is 10.7. The third-order valence-electron chi connectivity index (χ3n) is 8.80. The Balaban J connectivity index is 1.73. The molecule has 4 nitrogen and oxygen atoms in total. The quantitative estimate of drug-likeness (QED) is 0.471. The molecule has 182 valence electrons. The highest BCUT2D eigenvalue weighted by molar-refractivity contribution is 5.39. The molecule has 0 heterocycles. The number of hydrogen-bond donors (Lipinski definition) is 3. The number of fused-ring (bicyclic) bond motifs is 1. The van der Waals surface area contributed by atoms with Gasteiger partial charge in [-0.3, -0.25) is 0 Å². The van der Waals surface area contributed by atoms with Crippen LogP contribution in [-0.4, -0.2) is 46.3 Å². The van der Waals surface area contributed by atoms with Crippen molar-refractivity contribution in [3.63, 3.8) is 0 Å². The zero-order valence-corrected chi connectivity index (χ0v) is 21.1. The molecule has 3 rings (SSSR count). The van der Waals surface area contributed by atoms with Gasteiger partial charge in [0, 0.05) is 13.5 Å². The van der Waals surface area contributed by atoms with E-state index in [0.29, 0.717) is 23.7 Å². The van der Waals surface area contributed by atoms with E-state index in [-0.39, 0.29) is 6.10 Å². The molecule has 1 unspecified atom stereocenters. The van der Waals surface area contributed by atoms with Gasteiger partial charge < -0.3 is 20.1 Å². The van der Waals surface area contributed by atoms with Gasteiger partial charge in [0.1, 0.15) is 6.10 Å². The van der Waals surface area contributed by atoms with Crippen LogP contribution in [0.25, 0.3) is 0 Å². The molecule has 1 saturated carbocycles. The number of rotatable bonds is 8. The van der Waals surface area contributed by atoms with Crippen molar-refractivity contribution in [2.45, 2.75) is 110 Å². The van der Waals surface area contributed by atoms with E-state index in [9.17, 15) is 15.3 Å². The maximum absolute atomic E-state index is 10.4. The lowest BCUT2D eigenvalue weighted by molar-refractivity contribution is -0.0212. The fourth-order valence-corrected chi connectivity index (χ4v) is 6.89. The van der Waals surface area contributed by atoms with E-state index in [0.717, 1.165) is 36.3 Å². The molecule has 7 atom stereocenters. The number of hydrogen-bond acceptors (Lipinski definition) is 4. The van der Waals surface area contributed by atoms with Crippen LogP contribution in [0.15, 0.2) is 34.9 Å².